The van der Waals surface area contributed by atoms with Gasteiger partial charge >= 0.3 is 0 Å². The second-order valence-corrected chi connectivity index (χ2v) is 9.79. The molecule has 168 valence electrons. The van der Waals surface area contributed by atoms with Gasteiger partial charge in [-0.1, -0.05) is 42.1 Å². The highest BCUT2D eigenvalue weighted by atomic mass is 32.2. The van der Waals surface area contributed by atoms with Gasteiger partial charge in [0.25, 0.3) is 21.2 Å². The minimum absolute atomic E-state index is 0.146. The molecule has 0 saturated carbocycles. The first-order valence-electron chi connectivity index (χ1n) is 9.87. The van der Waals surface area contributed by atoms with Gasteiger partial charge in [-0.15, -0.1) is 0 Å². The zero-order valence-corrected chi connectivity index (χ0v) is 18.9. The normalized spacial score (nSPS) is 13.8. The molecule has 33 heavy (non-hydrogen) atoms. The van der Waals surface area contributed by atoms with E-state index in [4.69, 9.17) is 0 Å². The first-order chi connectivity index (χ1) is 15.8. The van der Waals surface area contributed by atoms with Crippen LogP contribution in [0.15, 0.2) is 83.8 Å². The number of nitrogens with one attached hydrogen (secondary N) is 2. The number of carbonyl (C=O) groups is 3. The van der Waals surface area contributed by atoms with Crippen LogP contribution in [-0.2, 0) is 21.4 Å². The summed E-state index contributed by atoms with van der Waals surface area (Å²) in [6, 6.07) is 20.9. The Balaban J connectivity index is 1.37. The molecule has 1 fully saturated rings. The molecule has 1 aliphatic rings. The fourth-order valence-electron chi connectivity index (χ4n) is 3.12. The number of hydrogen-bond acceptors (Lipinski definition) is 6. The van der Waals surface area contributed by atoms with Crippen LogP contribution in [0.5, 0.6) is 0 Å². The highest BCUT2D eigenvalue weighted by Crippen LogP contribution is 2.22. The molecule has 3 aromatic rings. The van der Waals surface area contributed by atoms with Gasteiger partial charge in [0.15, 0.2) is 0 Å². The Morgan fingerprint density at radius 1 is 0.879 bits per heavy atom. The van der Waals surface area contributed by atoms with Crippen LogP contribution < -0.4 is 10.0 Å². The van der Waals surface area contributed by atoms with Gasteiger partial charge in [0.05, 0.1) is 17.2 Å². The summed E-state index contributed by atoms with van der Waals surface area (Å²) in [5.41, 5.74) is 2.01. The quantitative estimate of drug-likeness (QED) is 0.529. The predicted octanol–water partition coefficient (Wildman–Crippen LogP) is 3.94. The molecule has 0 unspecified atom stereocenters. The number of benzene rings is 3. The highest BCUT2D eigenvalue weighted by molar-refractivity contribution is 8.14. The van der Waals surface area contributed by atoms with Crippen LogP contribution >= 0.6 is 11.8 Å². The molecule has 0 bridgehead atoms. The average molecular weight is 482 g/mol. The lowest BCUT2D eigenvalue weighted by Gasteiger charge is -2.13. The molecular formula is C23H19N3O5S2. The lowest BCUT2D eigenvalue weighted by molar-refractivity contribution is -0.125. The van der Waals surface area contributed by atoms with Crippen LogP contribution in [0.1, 0.15) is 15.9 Å². The van der Waals surface area contributed by atoms with E-state index in [0.29, 0.717) is 16.9 Å². The third-order valence-corrected chi connectivity index (χ3v) is 7.10. The van der Waals surface area contributed by atoms with Gasteiger partial charge in [0, 0.05) is 16.9 Å². The molecule has 8 nitrogen and oxygen atoms in total. The topological polar surface area (TPSA) is 113 Å². The minimum Gasteiger partial charge on any atom is -0.322 e. The Hall–Kier alpha value is -3.63. The Bertz CT molecular complexity index is 1280. The average Bonchev–Trinajstić information content (AvgIpc) is 3.13. The number of nitrogens with zero attached hydrogens (tertiary/aromatic N) is 1. The van der Waals surface area contributed by atoms with Crippen LogP contribution in [0, 0.1) is 0 Å². The van der Waals surface area contributed by atoms with E-state index in [1.165, 1.54) is 41.3 Å². The lowest BCUT2D eigenvalue weighted by atomic mass is 10.1. The highest BCUT2D eigenvalue weighted by Gasteiger charge is 2.29. The van der Waals surface area contributed by atoms with Crippen molar-refractivity contribution in [1.29, 1.82) is 0 Å². The standard InChI is InChI=1S/C23H19N3O5S2/c27-21-15-32-23(29)26(21)14-16-6-10-18(11-7-16)24-22(28)17-8-12-19(13-9-17)25-33(30,31)20-4-2-1-3-5-20/h1-13,25H,14-15H2,(H,24,28). The van der Waals surface area contributed by atoms with E-state index >= 15 is 0 Å². The van der Waals surface area contributed by atoms with E-state index in [-0.39, 0.29) is 34.2 Å². The molecule has 1 aliphatic heterocycles. The van der Waals surface area contributed by atoms with Gasteiger partial charge in [-0.05, 0) is 54.1 Å². The summed E-state index contributed by atoms with van der Waals surface area (Å²) in [5.74, 6) is -0.405. The molecule has 0 aliphatic carbocycles. The Morgan fingerprint density at radius 2 is 1.52 bits per heavy atom. The van der Waals surface area contributed by atoms with Crippen molar-refractivity contribution in [2.24, 2.45) is 0 Å². The molecule has 10 heteroatoms. The third-order valence-electron chi connectivity index (χ3n) is 4.85. The number of thioether (sulfide) groups is 1. The Kier molecular flexibility index (Phi) is 6.47. The molecule has 2 N–H and O–H groups in total. The fraction of sp³-hybridized carbons (Fsp3) is 0.0870. The van der Waals surface area contributed by atoms with E-state index in [1.54, 1.807) is 42.5 Å². The summed E-state index contributed by atoms with van der Waals surface area (Å²) in [6.07, 6.45) is 0. The molecule has 0 radical (unpaired) electrons. The van der Waals surface area contributed by atoms with E-state index in [0.717, 1.165) is 17.3 Å². The number of imide groups is 1. The summed E-state index contributed by atoms with van der Waals surface area (Å²) < 4.78 is 27.3. The molecule has 1 saturated heterocycles. The molecule has 3 amide bonds. The number of anilines is 2. The molecule has 0 atom stereocenters. The van der Waals surface area contributed by atoms with Crippen molar-refractivity contribution >= 4 is 50.2 Å². The summed E-state index contributed by atoms with van der Waals surface area (Å²) in [5, 5.41) is 2.50. The van der Waals surface area contributed by atoms with Crippen LogP contribution in [0.2, 0.25) is 0 Å². The molecule has 3 aromatic carbocycles. The molecule has 0 aromatic heterocycles. The number of hydrogen-bond donors (Lipinski definition) is 2. The largest absolute Gasteiger partial charge is 0.322 e. The van der Waals surface area contributed by atoms with Gasteiger partial charge in [-0.2, -0.15) is 0 Å². The molecular weight excluding hydrogens is 462 g/mol. The summed E-state index contributed by atoms with van der Waals surface area (Å²) in [7, 11) is -3.71. The van der Waals surface area contributed by atoms with Crippen LogP contribution in [0.4, 0.5) is 16.2 Å². The van der Waals surface area contributed by atoms with E-state index in [9.17, 15) is 22.8 Å². The van der Waals surface area contributed by atoms with Crippen molar-refractivity contribution in [3.05, 3.63) is 90.0 Å². The fourth-order valence-corrected chi connectivity index (χ4v) is 4.92. The van der Waals surface area contributed by atoms with Gasteiger partial charge in [-0.25, -0.2) is 8.42 Å². The van der Waals surface area contributed by atoms with Gasteiger partial charge in [0.2, 0.25) is 5.91 Å². The van der Waals surface area contributed by atoms with Crippen molar-refractivity contribution in [2.75, 3.05) is 15.8 Å². The van der Waals surface area contributed by atoms with Crippen molar-refractivity contribution < 1.29 is 22.8 Å². The van der Waals surface area contributed by atoms with Gasteiger partial charge < -0.3 is 5.32 Å². The molecule has 0 spiro atoms. The number of sulfonamides is 1. The second kappa shape index (κ2) is 9.47. The van der Waals surface area contributed by atoms with Gasteiger partial charge in [0.1, 0.15) is 0 Å². The van der Waals surface area contributed by atoms with Crippen LogP contribution in [0.25, 0.3) is 0 Å². The smallest absolute Gasteiger partial charge is 0.289 e. The zero-order chi connectivity index (χ0) is 23.4. The lowest BCUT2D eigenvalue weighted by Crippen LogP contribution is -2.27. The van der Waals surface area contributed by atoms with Crippen molar-refractivity contribution in [3.8, 4) is 0 Å². The maximum atomic E-state index is 12.5. The zero-order valence-electron chi connectivity index (χ0n) is 17.2. The van der Waals surface area contributed by atoms with Crippen LogP contribution in [-0.4, -0.2) is 36.1 Å². The minimum atomic E-state index is -3.71. The number of carbonyl (C=O) groups excluding carboxylic acids is 3. The SMILES string of the molecule is O=C(Nc1ccc(CN2C(=O)CSC2=O)cc1)c1ccc(NS(=O)(=O)c2ccccc2)cc1. The monoisotopic (exact) mass is 481 g/mol. The van der Waals surface area contributed by atoms with E-state index in [1.807, 2.05) is 0 Å². The predicted molar refractivity (Wildman–Crippen MR) is 126 cm³/mol. The number of amides is 3. The van der Waals surface area contributed by atoms with E-state index in [2.05, 4.69) is 10.0 Å². The number of rotatable bonds is 7. The maximum Gasteiger partial charge on any atom is 0.289 e. The molecule has 4 rings (SSSR count). The van der Waals surface area contributed by atoms with Crippen molar-refractivity contribution in [3.63, 3.8) is 0 Å². The summed E-state index contributed by atoms with van der Waals surface area (Å²) in [4.78, 5) is 37.3. The Morgan fingerprint density at radius 3 is 2.12 bits per heavy atom. The van der Waals surface area contributed by atoms with Gasteiger partial charge in [-0.3, -0.25) is 24.0 Å². The summed E-state index contributed by atoms with van der Waals surface area (Å²) in [6.45, 7) is 0.194. The second-order valence-electron chi connectivity index (χ2n) is 7.18. The molecule has 1 heterocycles. The first-order valence-corrected chi connectivity index (χ1v) is 12.3. The Labute approximate surface area is 195 Å². The van der Waals surface area contributed by atoms with Crippen LogP contribution in [0.3, 0.4) is 0 Å². The third kappa shape index (κ3) is 5.41. The van der Waals surface area contributed by atoms with Crippen molar-refractivity contribution in [2.45, 2.75) is 11.4 Å². The first kappa shape index (κ1) is 22.6. The van der Waals surface area contributed by atoms with Crippen molar-refractivity contribution in [1.82, 2.24) is 4.90 Å². The summed E-state index contributed by atoms with van der Waals surface area (Å²) >= 11 is 0.987. The van der Waals surface area contributed by atoms with E-state index < -0.39 is 10.0 Å². The maximum absolute atomic E-state index is 12.5.